The maximum atomic E-state index is 13.4. The van der Waals surface area contributed by atoms with Crippen LogP contribution >= 0.6 is 0 Å². The van der Waals surface area contributed by atoms with E-state index in [-0.39, 0.29) is 17.9 Å². The van der Waals surface area contributed by atoms with E-state index in [1.165, 1.54) is 0 Å². The van der Waals surface area contributed by atoms with Crippen molar-refractivity contribution in [2.24, 2.45) is 14.1 Å². The lowest BCUT2D eigenvalue weighted by Gasteiger charge is -2.26. The largest absolute Gasteiger partial charge is 0.352 e. The van der Waals surface area contributed by atoms with E-state index in [1.54, 1.807) is 58.4 Å². The smallest absolute Gasteiger partial charge is 0.251 e. The molecule has 4 aromatic heterocycles. The fourth-order valence-corrected chi connectivity index (χ4v) is 5.56. The number of hydrogen-bond acceptors (Lipinski definition) is 10. The topological polar surface area (TPSA) is 161 Å². The lowest BCUT2D eigenvalue weighted by atomic mass is 10.1. The van der Waals surface area contributed by atoms with E-state index in [2.05, 4.69) is 36.1 Å². The van der Waals surface area contributed by atoms with Crippen LogP contribution in [0.1, 0.15) is 45.7 Å². The molecular formula is C37H40N12O2. The molecule has 0 spiro atoms. The minimum Gasteiger partial charge on any atom is -0.352 e. The Labute approximate surface area is 296 Å². The van der Waals surface area contributed by atoms with Gasteiger partial charge in [-0.05, 0) is 63.1 Å². The van der Waals surface area contributed by atoms with Crippen LogP contribution in [-0.4, -0.2) is 70.4 Å². The van der Waals surface area contributed by atoms with E-state index in [9.17, 15) is 9.59 Å². The summed E-state index contributed by atoms with van der Waals surface area (Å²) in [5, 5.41) is 17.7. The Balaban J connectivity index is 1.18. The average molecular weight is 685 g/mol. The molecule has 260 valence electrons. The summed E-state index contributed by atoms with van der Waals surface area (Å²) in [6.07, 6.45) is 10.7. The molecule has 0 aliphatic carbocycles. The molecule has 2 amide bonds. The van der Waals surface area contributed by atoms with Crippen molar-refractivity contribution in [2.75, 3.05) is 23.3 Å². The Hall–Kier alpha value is -6.44. The van der Waals surface area contributed by atoms with Gasteiger partial charge in [0.05, 0.1) is 35.2 Å². The number of aromatic nitrogens is 8. The number of hydrogen-bond donors (Lipinski definition) is 3. The molecule has 51 heavy (non-hydrogen) atoms. The highest BCUT2D eigenvalue weighted by Gasteiger charge is 2.21. The molecule has 14 heteroatoms. The number of benzene rings is 2. The molecule has 3 N–H and O–H groups in total. The van der Waals surface area contributed by atoms with E-state index >= 15 is 0 Å². The second kappa shape index (κ2) is 15.0. The number of carbonyl (C=O) groups is 2. The molecule has 0 radical (unpaired) electrons. The van der Waals surface area contributed by atoms with Gasteiger partial charge in [0, 0.05) is 80.3 Å². The summed E-state index contributed by atoms with van der Waals surface area (Å²) in [5.41, 5.74) is 7.69. The number of rotatable bonds is 12. The molecule has 2 aromatic carbocycles. The number of aryl methyl sites for hydroxylation is 4. The molecule has 1 atom stereocenters. The van der Waals surface area contributed by atoms with Crippen LogP contribution in [0.3, 0.4) is 0 Å². The number of nitrogens with one attached hydrogen (secondary N) is 3. The van der Waals surface area contributed by atoms with Gasteiger partial charge >= 0.3 is 0 Å². The predicted octanol–water partition coefficient (Wildman–Crippen LogP) is 5.13. The van der Waals surface area contributed by atoms with Gasteiger partial charge in [0.25, 0.3) is 11.8 Å². The van der Waals surface area contributed by atoms with Crippen LogP contribution < -0.4 is 20.9 Å². The fraction of sp³-hybridized carbons (Fsp3) is 0.243. The van der Waals surface area contributed by atoms with Crippen molar-refractivity contribution in [3.8, 4) is 22.5 Å². The summed E-state index contributed by atoms with van der Waals surface area (Å²) in [6.45, 7) is 8.65. The van der Waals surface area contributed by atoms with Crippen molar-refractivity contribution in [1.82, 2.24) is 50.1 Å². The Morgan fingerprint density at radius 2 is 1.35 bits per heavy atom. The molecule has 6 aromatic rings. The number of amides is 2. The first-order valence-electron chi connectivity index (χ1n) is 16.6. The minimum atomic E-state index is -0.299. The highest BCUT2D eigenvalue weighted by atomic mass is 16.2. The quantitative estimate of drug-likeness (QED) is 0.158. The van der Waals surface area contributed by atoms with Crippen LogP contribution in [-0.2, 0) is 14.1 Å². The lowest BCUT2D eigenvalue weighted by molar-refractivity contribution is 0.0937. The summed E-state index contributed by atoms with van der Waals surface area (Å²) < 4.78 is 3.41. The van der Waals surface area contributed by atoms with E-state index in [4.69, 9.17) is 9.97 Å². The lowest BCUT2D eigenvalue weighted by Crippen LogP contribution is -2.41. The number of carbonyl (C=O) groups excluding carboxylic acids is 2. The Morgan fingerprint density at radius 1 is 0.765 bits per heavy atom. The molecule has 0 saturated heterocycles. The summed E-state index contributed by atoms with van der Waals surface area (Å²) in [4.78, 5) is 46.4. The summed E-state index contributed by atoms with van der Waals surface area (Å²) in [5.74, 6) is 0.579. The Morgan fingerprint density at radius 3 is 1.94 bits per heavy atom. The average Bonchev–Trinajstić information content (AvgIpc) is 3.75. The van der Waals surface area contributed by atoms with Crippen molar-refractivity contribution in [1.29, 1.82) is 0 Å². The van der Waals surface area contributed by atoms with Crippen molar-refractivity contribution >= 4 is 35.1 Å². The SMILES string of the molecule is CCNC(=O)c1ccc(-c2nc(N(CC(C)NC(=O)c3ccc(-c4nc(Nc5cnn(C)c5)ncc4C)cc3)c3cnn(C)c3)ncc2C)cc1. The molecule has 0 fully saturated rings. The van der Waals surface area contributed by atoms with Gasteiger partial charge in [0.2, 0.25) is 11.9 Å². The van der Waals surface area contributed by atoms with Gasteiger partial charge < -0.3 is 20.9 Å². The molecule has 0 saturated carbocycles. The first-order chi connectivity index (χ1) is 24.6. The third kappa shape index (κ3) is 8.07. The number of nitrogens with zero attached hydrogens (tertiary/aromatic N) is 9. The fourth-order valence-electron chi connectivity index (χ4n) is 5.56. The first kappa shape index (κ1) is 34.4. The second-order valence-corrected chi connectivity index (χ2v) is 12.3. The molecule has 0 aliphatic rings. The van der Waals surface area contributed by atoms with Gasteiger partial charge in [-0.1, -0.05) is 24.3 Å². The summed E-state index contributed by atoms with van der Waals surface area (Å²) in [6, 6.07) is 14.4. The molecular weight excluding hydrogens is 644 g/mol. The highest BCUT2D eigenvalue weighted by molar-refractivity contribution is 5.95. The van der Waals surface area contributed by atoms with Gasteiger partial charge in [-0.25, -0.2) is 19.9 Å². The third-order valence-corrected chi connectivity index (χ3v) is 8.15. The van der Waals surface area contributed by atoms with E-state index in [0.29, 0.717) is 36.1 Å². The zero-order valence-electron chi connectivity index (χ0n) is 29.4. The van der Waals surface area contributed by atoms with Crippen LogP contribution in [0.25, 0.3) is 22.5 Å². The van der Waals surface area contributed by atoms with Gasteiger partial charge in [-0.2, -0.15) is 10.2 Å². The normalized spacial score (nSPS) is 11.6. The number of anilines is 4. The summed E-state index contributed by atoms with van der Waals surface area (Å²) in [7, 11) is 3.69. The van der Waals surface area contributed by atoms with Gasteiger partial charge in [-0.15, -0.1) is 0 Å². The third-order valence-electron chi connectivity index (χ3n) is 8.15. The van der Waals surface area contributed by atoms with Crippen molar-refractivity contribution in [2.45, 2.75) is 33.7 Å². The van der Waals surface area contributed by atoms with E-state index in [0.717, 1.165) is 45.0 Å². The summed E-state index contributed by atoms with van der Waals surface area (Å²) >= 11 is 0. The molecule has 0 aliphatic heterocycles. The van der Waals surface area contributed by atoms with Gasteiger partial charge in [-0.3, -0.25) is 19.0 Å². The standard InChI is InChI=1S/C37H40N12O2/c1-7-38-34(50)28-12-8-27(9-13-28)33-24(3)17-40-37(46-33)49(31-19-42-48(6)22-31)20-25(4)43-35(51)29-14-10-26(11-15-29)32-23(2)16-39-36(45-32)44-30-18-41-47(5)21-30/h8-19,21-22,25H,7,20H2,1-6H3,(H,38,50)(H,43,51)(H,39,44,45). The van der Waals surface area contributed by atoms with Crippen LogP contribution in [0.15, 0.2) is 85.7 Å². The maximum Gasteiger partial charge on any atom is 0.251 e. The van der Waals surface area contributed by atoms with Gasteiger partial charge in [0.1, 0.15) is 0 Å². The van der Waals surface area contributed by atoms with E-state index in [1.807, 2.05) is 83.3 Å². The molecule has 1 unspecified atom stereocenters. The monoisotopic (exact) mass is 684 g/mol. The maximum absolute atomic E-state index is 13.4. The molecule has 4 heterocycles. The van der Waals surface area contributed by atoms with Crippen molar-refractivity contribution < 1.29 is 9.59 Å². The van der Waals surface area contributed by atoms with Crippen molar-refractivity contribution in [3.05, 3.63) is 108 Å². The Kier molecular flexibility index (Phi) is 10.1. The first-order valence-corrected chi connectivity index (χ1v) is 16.6. The van der Waals surface area contributed by atoms with Crippen LogP contribution in [0, 0.1) is 13.8 Å². The van der Waals surface area contributed by atoms with Crippen LogP contribution in [0.4, 0.5) is 23.3 Å². The van der Waals surface area contributed by atoms with Crippen LogP contribution in [0.2, 0.25) is 0 Å². The van der Waals surface area contributed by atoms with E-state index < -0.39 is 0 Å². The predicted molar refractivity (Wildman–Crippen MR) is 196 cm³/mol. The van der Waals surface area contributed by atoms with Crippen molar-refractivity contribution in [3.63, 3.8) is 0 Å². The second-order valence-electron chi connectivity index (χ2n) is 12.3. The Bertz CT molecular complexity index is 2160. The molecule has 14 nitrogen and oxygen atoms in total. The highest BCUT2D eigenvalue weighted by Crippen LogP contribution is 2.28. The zero-order valence-corrected chi connectivity index (χ0v) is 29.4. The minimum absolute atomic E-state index is 0.122. The molecule has 6 rings (SSSR count). The van der Waals surface area contributed by atoms with Crippen LogP contribution in [0.5, 0.6) is 0 Å². The zero-order chi connectivity index (χ0) is 36.1. The van der Waals surface area contributed by atoms with Gasteiger partial charge in [0.15, 0.2) is 0 Å². The molecule has 0 bridgehead atoms.